The van der Waals surface area contributed by atoms with E-state index in [-0.39, 0.29) is 24.5 Å². The third-order valence-electron chi connectivity index (χ3n) is 4.63. The fourth-order valence-corrected chi connectivity index (χ4v) is 3.45. The van der Waals surface area contributed by atoms with Crippen molar-refractivity contribution in [3.63, 3.8) is 0 Å². The van der Waals surface area contributed by atoms with Crippen LogP contribution < -0.4 is 5.32 Å². The van der Waals surface area contributed by atoms with Crippen molar-refractivity contribution in [3.8, 4) is 0 Å². The maximum Gasteiger partial charge on any atom is 0.322 e. The van der Waals surface area contributed by atoms with E-state index < -0.39 is 0 Å². The highest BCUT2D eigenvalue weighted by Gasteiger charge is 2.29. The maximum absolute atomic E-state index is 12.7. The second-order valence-corrected chi connectivity index (χ2v) is 6.95. The molecule has 1 unspecified atom stereocenters. The van der Waals surface area contributed by atoms with Crippen LogP contribution in [-0.2, 0) is 16.0 Å². The summed E-state index contributed by atoms with van der Waals surface area (Å²) in [6.45, 7) is 2.88. The van der Waals surface area contributed by atoms with E-state index >= 15 is 0 Å². The van der Waals surface area contributed by atoms with Gasteiger partial charge in [-0.15, -0.1) is 0 Å². The molecule has 1 fully saturated rings. The van der Waals surface area contributed by atoms with Crippen LogP contribution in [0.4, 0.5) is 10.5 Å². The Morgan fingerprint density at radius 2 is 1.85 bits per heavy atom. The van der Waals surface area contributed by atoms with Crippen molar-refractivity contribution in [1.82, 2.24) is 4.90 Å². The van der Waals surface area contributed by atoms with Gasteiger partial charge in [-0.25, -0.2) is 4.79 Å². The standard InChI is InChI=1S/C21H23ClN2O3/c1-2-27-20(25)14-15-5-11-18(12-6-15)23-21(26)24-13-3-4-19(24)16-7-9-17(22)10-8-16/h5-12,19H,2-4,13-14H2,1H3,(H,23,26). The number of anilines is 1. The number of benzene rings is 2. The van der Waals surface area contributed by atoms with Crippen LogP contribution in [0.1, 0.15) is 36.9 Å². The van der Waals surface area contributed by atoms with E-state index in [0.29, 0.717) is 17.3 Å². The number of hydrogen-bond acceptors (Lipinski definition) is 3. The van der Waals surface area contributed by atoms with Crippen molar-refractivity contribution in [2.24, 2.45) is 0 Å². The summed E-state index contributed by atoms with van der Waals surface area (Å²) < 4.78 is 4.95. The molecule has 0 saturated carbocycles. The molecule has 1 N–H and O–H groups in total. The Hall–Kier alpha value is -2.53. The number of rotatable bonds is 5. The minimum atomic E-state index is -0.253. The van der Waals surface area contributed by atoms with E-state index in [1.54, 1.807) is 19.1 Å². The van der Waals surface area contributed by atoms with E-state index in [1.807, 2.05) is 41.3 Å². The molecule has 0 bridgehead atoms. The number of likely N-dealkylation sites (tertiary alicyclic amines) is 1. The van der Waals surface area contributed by atoms with E-state index in [9.17, 15) is 9.59 Å². The molecule has 6 heteroatoms. The number of nitrogens with one attached hydrogen (secondary N) is 1. The van der Waals surface area contributed by atoms with Gasteiger partial charge in [0.1, 0.15) is 0 Å². The van der Waals surface area contributed by atoms with Crippen LogP contribution in [0.25, 0.3) is 0 Å². The first-order valence-electron chi connectivity index (χ1n) is 9.14. The topological polar surface area (TPSA) is 58.6 Å². The van der Waals surface area contributed by atoms with Crippen molar-refractivity contribution in [2.45, 2.75) is 32.2 Å². The molecule has 1 aliphatic heterocycles. The molecule has 3 rings (SSSR count). The summed E-state index contributed by atoms with van der Waals surface area (Å²) in [6.07, 6.45) is 2.14. The Morgan fingerprint density at radius 1 is 1.15 bits per heavy atom. The molecule has 1 heterocycles. The van der Waals surface area contributed by atoms with Gasteiger partial charge in [0, 0.05) is 17.3 Å². The van der Waals surface area contributed by atoms with Crippen LogP contribution in [0.3, 0.4) is 0 Å². The number of urea groups is 1. The molecular weight excluding hydrogens is 364 g/mol. The Labute approximate surface area is 164 Å². The zero-order valence-corrected chi connectivity index (χ0v) is 16.0. The molecule has 0 aliphatic carbocycles. The first-order valence-corrected chi connectivity index (χ1v) is 9.52. The largest absolute Gasteiger partial charge is 0.466 e. The van der Waals surface area contributed by atoms with Gasteiger partial charge in [0.05, 0.1) is 19.1 Å². The molecule has 2 amide bonds. The highest BCUT2D eigenvalue weighted by Crippen LogP contribution is 2.33. The summed E-state index contributed by atoms with van der Waals surface area (Å²) in [5, 5.41) is 3.64. The summed E-state index contributed by atoms with van der Waals surface area (Å²) in [7, 11) is 0. The van der Waals surface area contributed by atoms with Gasteiger partial charge in [-0.1, -0.05) is 35.9 Å². The summed E-state index contributed by atoms with van der Waals surface area (Å²) in [6, 6.07) is 14.9. The monoisotopic (exact) mass is 386 g/mol. The van der Waals surface area contributed by atoms with Gasteiger partial charge < -0.3 is 15.0 Å². The molecule has 0 spiro atoms. The van der Waals surface area contributed by atoms with Crippen LogP contribution in [0.2, 0.25) is 5.02 Å². The number of halogens is 1. The molecular formula is C21H23ClN2O3. The van der Waals surface area contributed by atoms with Gasteiger partial charge in [-0.3, -0.25) is 4.79 Å². The molecule has 142 valence electrons. The Bertz CT molecular complexity index is 790. The number of ether oxygens (including phenoxy) is 1. The fourth-order valence-electron chi connectivity index (χ4n) is 3.32. The third kappa shape index (κ3) is 5.01. The second-order valence-electron chi connectivity index (χ2n) is 6.51. The van der Waals surface area contributed by atoms with Gasteiger partial charge in [0.15, 0.2) is 0 Å². The molecule has 0 radical (unpaired) electrons. The van der Waals surface area contributed by atoms with Gasteiger partial charge >= 0.3 is 12.0 Å². The van der Waals surface area contributed by atoms with Crippen LogP contribution in [0.5, 0.6) is 0 Å². The molecule has 2 aromatic carbocycles. The average Bonchev–Trinajstić information content (AvgIpc) is 3.14. The Morgan fingerprint density at radius 3 is 2.52 bits per heavy atom. The SMILES string of the molecule is CCOC(=O)Cc1ccc(NC(=O)N2CCCC2c2ccc(Cl)cc2)cc1. The minimum absolute atomic E-state index is 0.0605. The van der Waals surface area contributed by atoms with Crippen molar-refractivity contribution < 1.29 is 14.3 Å². The minimum Gasteiger partial charge on any atom is -0.466 e. The lowest BCUT2D eigenvalue weighted by atomic mass is 10.1. The predicted molar refractivity (Wildman–Crippen MR) is 106 cm³/mol. The van der Waals surface area contributed by atoms with Gasteiger partial charge in [0.2, 0.25) is 0 Å². The first-order chi connectivity index (χ1) is 13.1. The Balaban J connectivity index is 1.62. The van der Waals surface area contributed by atoms with Crippen LogP contribution in [0.15, 0.2) is 48.5 Å². The molecule has 5 nitrogen and oxygen atoms in total. The van der Waals surface area contributed by atoms with E-state index in [1.165, 1.54) is 0 Å². The third-order valence-corrected chi connectivity index (χ3v) is 4.88. The van der Waals surface area contributed by atoms with Gasteiger partial charge in [-0.05, 0) is 55.2 Å². The molecule has 27 heavy (non-hydrogen) atoms. The lowest BCUT2D eigenvalue weighted by Gasteiger charge is -2.25. The van der Waals surface area contributed by atoms with Crippen LogP contribution >= 0.6 is 11.6 Å². The fraction of sp³-hybridized carbons (Fsp3) is 0.333. The van der Waals surface area contributed by atoms with Crippen molar-refractivity contribution >= 4 is 29.3 Å². The molecule has 1 atom stereocenters. The summed E-state index contributed by atoms with van der Waals surface area (Å²) in [4.78, 5) is 26.1. The number of carbonyl (C=O) groups excluding carboxylic acids is 2. The van der Waals surface area contributed by atoms with Gasteiger partial charge in [0.25, 0.3) is 0 Å². The van der Waals surface area contributed by atoms with E-state index in [2.05, 4.69) is 5.32 Å². The highest BCUT2D eigenvalue weighted by molar-refractivity contribution is 6.30. The summed E-state index contributed by atoms with van der Waals surface area (Å²) >= 11 is 5.96. The maximum atomic E-state index is 12.7. The summed E-state index contributed by atoms with van der Waals surface area (Å²) in [5.74, 6) is -0.253. The van der Waals surface area contributed by atoms with E-state index in [0.717, 1.165) is 30.5 Å². The highest BCUT2D eigenvalue weighted by atomic mass is 35.5. The average molecular weight is 387 g/mol. The normalized spacial score (nSPS) is 16.2. The zero-order chi connectivity index (χ0) is 19.2. The number of amides is 2. The summed E-state index contributed by atoms with van der Waals surface area (Å²) in [5.41, 5.74) is 2.65. The smallest absolute Gasteiger partial charge is 0.322 e. The first kappa shape index (κ1) is 19.2. The van der Waals surface area contributed by atoms with E-state index in [4.69, 9.17) is 16.3 Å². The number of hydrogen-bond donors (Lipinski definition) is 1. The van der Waals surface area contributed by atoms with Crippen molar-refractivity contribution in [2.75, 3.05) is 18.5 Å². The zero-order valence-electron chi connectivity index (χ0n) is 15.3. The second kappa shape index (κ2) is 8.91. The quantitative estimate of drug-likeness (QED) is 0.750. The van der Waals surface area contributed by atoms with Gasteiger partial charge in [-0.2, -0.15) is 0 Å². The van der Waals surface area contributed by atoms with Crippen molar-refractivity contribution in [3.05, 3.63) is 64.7 Å². The van der Waals surface area contributed by atoms with Crippen molar-refractivity contribution in [1.29, 1.82) is 0 Å². The predicted octanol–water partition coefficient (Wildman–Crippen LogP) is 4.81. The molecule has 1 aliphatic rings. The lowest BCUT2D eigenvalue weighted by molar-refractivity contribution is -0.142. The number of esters is 1. The van der Waals surface area contributed by atoms with Crippen LogP contribution in [0, 0.1) is 0 Å². The molecule has 1 saturated heterocycles. The number of nitrogens with zero attached hydrogens (tertiary/aromatic N) is 1. The Kier molecular flexibility index (Phi) is 6.35. The molecule has 0 aromatic heterocycles. The van der Waals surface area contributed by atoms with Crippen LogP contribution in [-0.4, -0.2) is 30.1 Å². The number of carbonyl (C=O) groups is 2. The lowest BCUT2D eigenvalue weighted by Crippen LogP contribution is -2.34. The molecule has 2 aromatic rings.